The number of benzene rings is 1. The molecule has 176 valence electrons. The Labute approximate surface area is 192 Å². The fraction of sp³-hybridized carbons (Fsp3) is 0.238. The molecule has 3 heterocycles. The Morgan fingerprint density at radius 2 is 2.15 bits per heavy atom. The lowest BCUT2D eigenvalue weighted by atomic mass is 10.1. The number of amides is 2. The first kappa shape index (κ1) is 22.8. The van der Waals surface area contributed by atoms with E-state index >= 15 is 0 Å². The monoisotopic (exact) mass is 469 g/mol. The van der Waals surface area contributed by atoms with Gasteiger partial charge in [-0.1, -0.05) is 0 Å². The van der Waals surface area contributed by atoms with E-state index in [0.717, 1.165) is 6.20 Å². The van der Waals surface area contributed by atoms with Gasteiger partial charge in [0.05, 0.1) is 53.1 Å². The molecule has 0 aliphatic carbocycles. The van der Waals surface area contributed by atoms with E-state index in [0.29, 0.717) is 17.1 Å². The number of carbonyl (C=O) groups is 2. The third-order valence-electron chi connectivity index (χ3n) is 5.20. The number of pyridine rings is 1. The fourth-order valence-electron chi connectivity index (χ4n) is 3.44. The molecule has 4 rings (SSSR count). The number of imidazole rings is 1. The molecule has 2 aromatic heterocycles. The number of halogens is 1. The lowest BCUT2D eigenvalue weighted by Crippen LogP contribution is -2.33. The van der Waals surface area contributed by atoms with E-state index in [2.05, 4.69) is 15.3 Å². The molecule has 1 saturated heterocycles. The molecule has 0 saturated carbocycles. The third-order valence-corrected chi connectivity index (χ3v) is 5.20. The quantitative estimate of drug-likeness (QED) is 0.392. The van der Waals surface area contributed by atoms with Crippen LogP contribution >= 0.6 is 0 Å². The molecule has 2 amide bonds. The summed E-state index contributed by atoms with van der Waals surface area (Å²) in [5.74, 6) is -0.852. The molecule has 3 aromatic rings. The fourth-order valence-corrected chi connectivity index (χ4v) is 3.44. The van der Waals surface area contributed by atoms with E-state index in [1.54, 1.807) is 6.07 Å². The molecule has 0 bridgehead atoms. The first-order valence-corrected chi connectivity index (χ1v) is 10.1. The zero-order valence-corrected chi connectivity index (χ0v) is 17.9. The summed E-state index contributed by atoms with van der Waals surface area (Å²) in [5, 5.41) is 13.4. The number of aromatic nitrogens is 3. The van der Waals surface area contributed by atoms with Crippen LogP contribution in [0.2, 0.25) is 0 Å². The van der Waals surface area contributed by atoms with E-state index in [1.165, 1.54) is 53.2 Å². The maximum Gasteiger partial charge on any atom is 0.414 e. The van der Waals surface area contributed by atoms with Crippen molar-refractivity contribution in [3.63, 3.8) is 0 Å². The van der Waals surface area contributed by atoms with Gasteiger partial charge in [0, 0.05) is 19.2 Å². The van der Waals surface area contributed by atoms with Gasteiger partial charge in [-0.05, 0) is 24.3 Å². The van der Waals surface area contributed by atoms with Crippen molar-refractivity contribution in [1.82, 2.24) is 19.9 Å². The van der Waals surface area contributed by atoms with Crippen molar-refractivity contribution >= 4 is 23.4 Å². The highest BCUT2D eigenvalue weighted by molar-refractivity contribution is 5.90. The molecule has 12 nitrogen and oxygen atoms in total. The molecule has 0 spiro atoms. The van der Waals surface area contributed by atoms with E-state index in [1.807, 2.05) is 0 Å². The number of carbonyl (C=O) groups excluding carboxylic acids is 2. The minimum absolute atomic E-state index is 0.160. The predicted octanol–water partition coefficient (Wildman–Crippen LogP) is 1.82. The van der Waals surface area contributed by atoms with Crippen molar-refractivity contribution in [2.24, 2.45) is 5.73 Å². The van der Waals surface area contributed by atoms with Gasteiger partial charge < -0.3 is 20.4 Å². The van der Waals surface area contributed by atoms with Gasteiger partial charge in [-0.15, -0.1) is 0 Å². The summed E-state index contributed by atoms with van der Waals surface area (Å²) in [4.78, 5) is 42.9. The summed E-state index contributed by atoms with van der Waals surface area (Å²) in [6.07, 6.45) is 2.85. The normalized spacial score (nSPS) is 16.3. The summed E-state index contributed by atoms with van der Waals surface area (Å²) >= 11 is 0. The Morgan fingerprint density at radius 3 is 2.79 bits per heavy atom. The molecule has 34 heavy (non-hydrogen) atoms. The molecule has 2 atom stereocenters. The molecule has 1 fully saturated rings. The van der Waals surface area contributed by atoms with E-state index < -0.39 is 29.0 Å². The zero-order valence-electron chi connectivity index (χ0n) is 17.9. The predicted molar refractivity (Wildman–Crippen MR) is 117 cm³/mol. The first-order chi connectivity index (χ1) is 16.2. The van der Waals surface area contributed by atoms with Gasteiger partial charge >= 0.3 is 6.09 Å². The van der Waals surface area contributed by atoms with Gasteiger partial charge in [0.1, 0.15) is 18.1 Å². The average molecular weight is 469 g/mol. The second kappa shape index (κ2) is 9.23. The van der Waals surface area contributed by atoms with E-state index in [-0.39, 0.29) is 30.4 Å². The number of rotatable bonds is 7. The van der Waals surface area contributed by atoms with Crippen molar-refractivity contribution in [1.29, 1.82) is 0 Å². The van der Waals surface area contributed by atoms with Crippen molar-refractivity contribution < 1.29 is 23.6 Å². The summed E-state index contributed by atoms with van der Waals surface area (Å²) in [6.45, 7) is 1.70. The van der Waals surface area contributed by atoms with Crippen LogP contribution in [0.15, 0.2) is 49.1 Å². The summed E-state index contributed by atoms with van der Waals surface area (Å²) in [7, 11) is 0. The number of ether oxygens (including phenoxy) is 1. The van der Waals surface area contributed by atoms with Gasteiger partial charge in [0.15, 0.2) is 0 Å². The second-order valence-electron chi connectivity index (χ2n) is 7.57. The van der Waals surface area contributed by atoms with Crippen LogP contribution in [0.3, 0.4) is 0 Å². The average Bonchev–Trinajstić information content (AvgIpc) is 3.44. The Bertz CT molecular complexity index is 1250. The van der Waals surface area contributed by atoms with Gasteiger partial charge in [0.2, 0.25) is 5.91 Å². The molecule has 0 radical (unpaired) electrons. The van der Waals surface area contributed by atoms with Crippen LogP contribution in [-0.2, 0) is 9.53 Å². The number of nitro groups is 1. The molecule has 13 heteroatoms. The minimum Gasteiger partial charge on any atom is -0.442 e. The molecular weight excluding hydrogens is 449 g/mol. The van der Waals surface area contributed by atoms with Crippen molar-refractivity contribution in [2.45, 2.75) is 19.1 Å². The largest absolute Gasteiger partial charge is 0.442 e. The van der Waals surface area contributed by atoms with Crippen LogP contribution in [0.1, 0.15) is 24.4 Å². The molecule has 1 unspecified atom stereocenters. The lowest BCUT2D eigenvalue weighted by molar-refractivity contribution is -0.385. The van der Waals surface area contributed by atoms with Crippen LogP contribution < -0.4 is 16.0 Å². The van der Waals surface area contributed by atoms with Crippen molar-refractivity contribution in [3.8, 4) is 5.69 Å². The lowest BCUT2D eigenvalue weighted by Gasteiger charge is -2.14. The van der Waals surface area contributed by atoms with Gasteiger partial charge in [-0.25, -0.2) is 14.2 Å². The van der Waals surface area contributed by atoms with Gasteiger partial charge in [-0.2, -0.15) is 0 Å². The van der Waals surface area contributed by atoms with Crippen LogP contribution in [-0.4, -0.2) is 50.7 Å². The summed E-state index contributed by atoms with van der Waals surface area (Å²) < 4.78 is 21.6. The molecule has 1 aliphatic rings. The standard InChI is InChI=1S/C21H20FN7O5/c1-12(30)24-8-15-9-28(21(31)34-15)13-3-5-19(16(22)6-13)27-10-18(26-11-27)20(23)17-4-2-14(7-25-17)29(32)33/h2-7,10-11,15,20H,8-9,23H2,1H3,(H,24,30)/t15-,20?/m0/s1. The number of nitrogens with one attached hydrogen (secondary N) is 1. The third kappa shape index (κ3) is 4.68. The SMILES string of the molecule is CC(=O)NC[C@H]1CN(c2ccc(-n3cnc(C(N)c4ccc([N+](=O)[O-])cn4)c3)c(F)c2)C(=O)O1. The van der Waals surface area contributed by atoms with Crippen LogP contribution in [0.25, 0.3) is 5.69 Å². The maximum absolute atomic E-state index is 14.9. The highest BCUT2D eigenvalue weighted by Gasteiger charge is 2.32. The topological polar surface area (TPSA) is 159 Å². The Hall–Kier alpha value is -4.39. The van der Waals surface area contributed by atoms with Gasteiger partial charge in [-0.3, -0.25) is 24.8 Å². The first-order valence-electron chi connectivity index (χ1n) is 10.1. The second-order valence-corrected chi connectivity index (χ2v) is 7.57. The number of nitrogens with zero attached hydrogens (tertiary/aromatic N) is 5. The number of anilines is 1. The van der Waals surface area contributed by atoms with Crippen molar-refractivity contribution in [3.05, 3.63) is 76.4 Å². The maximum atomic E-state index is 14.9. The highest BCUT2D eigenvalue weighted by Crippen LogP contribution is 2.26. The number of nitrogens with two attached hydrogens (primary N) is 1. The van der Waals surface area contributed by atoms with Crippen LogP contribution in [0, 0.1) is 15.9 Å². The zero-order chi connectivity index (χ0) is 24.4. The van der Waals surface area contributed by atoms with Crippen LogP contribution in [0.4, 0.5) is 20.6 Å². The van der Waals surface area contributed by atoms with Crippen molar-refractivity contribution in [2.75, 3.05) is 18.0 Å². The molecule has 1 aliphatic heterocycles. The van der Waals surface area contributed by atoms with Gasteiger partial charge in [0.25, 0.3) is 5.69 Å². The number of hydrogen-bond donors (Lipinski definition) is 2. The Morgan fingerprint density at radius 1 is 1.35 bits per heavy atom. The highest BCUT2D eigenvalue weighted by atomic mass is 19.1. The summed E-state index contributed by atoms with van der Waals surface area (Å²) in [5.41, 5.74) is 7.24. The van der Waals surface area contributed by atoms with E-state index in [9.17, 15) is 24.1 Å². The smallest absolute Gasteiger partial charge is 0.414 e. The summed E-state index contributed by atoms with van der Waals surface area (Å²) in [6, 6.07) is 6.21. The Balaban J connectivity index is 1.49. The van der Waals surface area contributed by atoms with E-state index in [4.69, 9.17) is 10.5 Å². The number of cyclic esters (lactones) is 1. The Kier molecular flexibility index (Phi) is 6.19. The molecule has 3 N–H and O–H groups in total. The minimum atomic E-state index is -0.774. The number of hydrogen-bond acceptors (Lipinski definition) is 8. The van der Waals surface area contributed by atoms with Crippen LogP contribution in [0.5, 0.6) is 0 Å². The molecular formula is C21H20FN7O5. The molecule has 1 aromatic carbocycles.